The number of pyridine rings is 1. The van der Waals surface area contributed by atoms with Crippen molar-refractivity contribution in [2.45, 2.75) is 32.5 Å². The first kappa shape index (κ1) is 22.6. The smallest absolute Gasteiger partial charge is 0.160 e. The zero-order chi connectivity index (χ0) is 23.8. The fourth-order valence-corrected chi connectivity index (χ4v) is 4.88. The van der Waals surface area contributed by atoms with Crippen molar-refractivity contribution in [1.82, 2.24) is 29.9 Å². The second-order valence-corrected chi connectivity index (χ2v) is 9.20. The van der Waals surface area contributed by atoms with Crippen molar-refractivity contribution in [1.29, 1.82) is 0 Å². The molecule has 3 aromatic heterocycles. The molecule has 0 unspecified atom stereocenters. The standard InChI is InChI=1S/C24H29ClN8O/c1-5-33-23-18(13-28-33)21-17(12-27-23)24(32-9-8-16(14-32)31(2)3)30-29-22(21)26-11-15-6-7-20(34-4)19(25)10-15/h6-7,10,12-13,16H,5,8-9,11,14H2,1-4H3,(H,26,29)/t16-/m0/s1. The van der Waals surface area contributed by atoms with Gasteiger partial charge in [0.1, 0.15) is 5.75 Å². The molecule has 1 N–H and O–H groups in total. The van der Waals surface area contributed by atoms with Gasteiger partial charge in [-0.25, -0.2) is 9.67 Å². The van der Waals surface area contributed by atoms with E-state index >= 15 is 0 Å². The number of hydrogen-bond donors (Lipinski definition) is 1. The number of fused-ring (bicyclic) bond motifs is 3. The molecule has 1 aliphatic heterocycles. The third-order valence-corrected chi connectivity index (χ3v) is 6.85. The molecule has 0 saturated carbocycles. The van der Waals surface area contributed by atoms with Crippen LogP contribution in [0.1, 0.15) is 18.9 Å². The molecule has 0 amide bonds. The summed E-state index contributed by atoms with van der Waals surface area (Å²) in [4.78, 5) is 9.33. The minimum absolute atomic E-state index is 0.494. The van der Waals surface area contributed by atoms with Gasteiger partial charge < -0.3 is 19.9 Å². The number of rotatable bonds is 7. The van der Waals surface area contributed by atoms with Crippen LogP contribution in [0.25, 0.3) is 21.8 Å². The Bertz CT molecular complexity index is 1340. The van der Waals surface area contributed by atoms with Crippen LogP contribution in [0.15, 0.2) is 30.6 Å². The Kier molecular flexibility index (Phi) is 6.14. The minimum Gasteiger partial charge on any atom is -0.495 e. The van der Waals surface area contributed by atoms with Crippen LogP contribution in [0.2, 0.25) is 5.02 Å². The molecule has 10 heteroatoms. The van der Waals surface area contributed by atoms with Crippen LogP contribution in [0.3, 0.4) is 0 Å². The van der Waals surface area contributed by atoms with Crippen LogP contribution in [0.4, 0.5) is 11.6 Å². The first-order chi connectivity index (χ1) is 16.5. The summed E-state index contributed by atoms with van der Waals surface area (Å²) in [6.07, 6.45) is 4.88. The molecule has 178 valence electrons. The number of methoxy groups -OCH3 is 1. The normalized spacial score (nSPS) is 16.2. The Hall–Kier alpha value is -3.17. The van der Waals surface area contributed by atoms with Crippen molar-refractivity contribution in [2.75, 3.05) is 44.5 Å². The lowest BCUT2D eigenvalue weighted by Gasteiger charge is -2.22. The maximum Gasteiger partial charge on any atom is 0.160 e. The van der Waals surface area contributed by atoms with E-state index in [4.69, 9.17) is 21.3 Å². The summed E-state index contributed by atoms with van der Waals surface area (Å²) >= 11 is 6.32. The summed E-state index contributed by atoms with van der Waals surface area (Å²) in [5, 5.41) is 20.8. The highest BCUT2D eigenvalue weighted by atomic mass is 35.5. The van der Waals surface area contributed by atoms with E-state index < -0.39 is 0 Å². The summed E-state index contributed by atoms with van der Waals surface area (Å²) in [5.74, 6) is 2.23. The lowest BCUT2D eigenvalue weighted by molar-refractivity contribution is 0.315. The molecule has 9 nitrogen and oxygen atoms in total. The molecule has 4 heterocycles. The van der Waals surface area contributed by atoms with Gasteiger partial charge in [0, 0.05) is 49.2 Å². The first-order valence-electron chi connectivity index (χ1n) is 11.5. The van der Waals surface area contributed by atoms with Crippen molar-refractivity contribution in [3.63, 3.8) is 0 Å². The van der Waals surface area contributed by atoms with Gasteiger partial charge in [-0.05, 0) is 45.1 Å². The van der Waals surface area contributed by atoms with Crippen molar-refractivity contribution in [3.05, 3.63) is 41.2 Å². The highest BCUT2D eigenvalue weighted by molar-refractivity contribution is 6.32. The molecule has 5 rings (SSSR count). The number of ether oxygens (including phenoxy) is 1. The number of benzene rings is 1. The Balaban J connectivity index is 1.56. The Morgan fingerprint density at radius 1 is 1.21 bits per heavy atom. The number of hydrogen-bond acceptors (Lipinski definition) is 8. The zero-order valence-corrected chi connectivity index (χ0v) is 20.7. The Morgan fingerprint density at radius 2 is 2.06 bits per heavy atom. The van der Waals surface area contributed by atoms with Gasteiger partial charge in [0.2, 0.25) is 0 Å². The van der Waals surface area contributed by atoms with Gasteiger partial charge in [-0.2, -0.15) is 5.10 Å². The lowest BCUT2D eigenvalue weighted by atomic mass is 10.1. The predicted octanol–water partition coefficient (Wildman–Crippen LogP) is 3.81. The summed E-state index contributed by atoms with van der Waals surface area (Å²) in [7, 11) is 5.86. The molecular formula is C24H29ClN8O. The summed E-state index contributed by atoms with van der Waals surface area (Å²) in [6, 6.07) is 6.25. The van der Waals surface area contributed by atoms with Crippen LogP contribution in [0.5, 0.6) is 5.75 Å². The number of nitrogens with zero attached hydrogens (tertiary/aromatic N) is 7. The third kappa shape index (κ3) is 3.99. The van der Waals surface area contributed by atoms with E-state index in [-0.39, 0.29) is 0 Å². The van der Waals surface area contributed by atoms with E-state index in [1.54, 1.807) is 7.11 Å². The van der Waals surface area contributed by atoms with Gasteiger partial charge in [-0.15, -0.1) is 10.2 Å². The highest BCUT2D eigenvalue weighted by Gasteiger charge is 2.27. The molecule has 4 aromatic rings. The maximum absolute atomic E-state index is 6.32. The number of anilines is 2. The zero-order valence-electron chi connectivity index (χ0n) is 19.9. The SMILES string of the molecule is CCn1ncc2c3c(NCc4ccc(OC)c(Cl)c4)nnc(N4CC[C@H](N(C)C)C4)c3cnc21. The Morgan fingerprint density at radius 3 is 2.76 bits per heavy atom. The Labute approximate surface area is 203 Å². The summed E-state index contributed by atoms with van der Waals surface area (Å²) in [5.41, 5.74) is 1.87. The predicted molar refractivity (Wildman–Crippen MR) is 136 cm³/mol. The average molecular weight is 481 g/mol. The lowest BCUT2D eigenvalue weighted by Crippen LogP contribution is -2.31. The molecule has 1 atom stereocenters. The fraction of sp³-hybridized carbons (Fsp3) is 0.417. The topological polar surface area (TPSA) is 84.2 Å². The largest absolute Gasteiger partial charge is 0.495 e. The van der Waals surface area contributed by atoms with Gasteiger partial charge in [0.05, 0.1) is 23.7 Å². The van der Waals surface area contributed by atoms with Crippen LogP contribution < -0.4 is 15.0 Å². The number of likely N-dealkylation sites (N-methyl/N-ethyl adjacent to an activating group) is 1. The quantitative estimate of drug-likeness (QED) is 0.427. The molecule has 1 aromatic carbocycles. The number of aromatic nitrogens is 5. The van der Waals surface area contributed by atoms with E-state index in [0.717, 1.165) is 59.2 Å². The van der Waals surface area contributed by atoms with E-state index in [0.29, 0.717) is 29.2 Å². The highest BCUT2D eigenvalue weighted by Crippen LogP contribution is 2.35. The number of aryl methyl sites for hydroxylation is 1. The van der Waals surface area contributed by atoms with Gasteiger partial charge >= 0.3 is 0 Å². The number of nitrogens with one attached hydrogen (secondary N) is 1. The van der Waals surface area contributed by atoms with Crippen molar-refractivity contribution in [2.24, 2.45) is 0 Å². The van der Waals surface area contributed by atoms with Gasteiger partial charge in [0.25, 0.3) is 0 Å². The van der Waals surface area contributed by atoms with E-state index in [2.05, 4.69) is 51.4 Å². The van der Waals surface area contributed by atoms with Crippen molar-refractivity contribution < 1.29 is 4.74 Å². The molecule has 0 radical (unpaired) electrons. The van der Waals surface area contributed by atoms with Gasteiger partial charge in [-0.1, -0.05) is 17.7 Å². The first-order valence-corrected chi connectivity index (χ1v) is 11.9. The molecule has 1 aliphatic rings. The van der Waals surface area contributed by atoms with Crippen LogP contribution >= 0.6 is 11.6 Å². The van der Waals surface area contributed by atoms with Crippen LogP contribution in [0, 0.1) is 0 Å². The molecular weight excluding hydrogens is 452 g/mol. The van der Waals surface area contributed by atoms with Gasteiger partial charge in [-0.3, -0.25) is 0 Å². The molecule has 0 bridgehead atoms. The second-order valence-electron chi connectivity index (χ2n) is 8.79. The molecule has 0 aliphatic carbocycles. The van der Waals surface area contributed by atoms with Crippen molar-refractivity contribution in [3.8, 4) is 5.75 Å². The molecule has 1 fully saturated rings. The monoisotopic (exact) mass is 480 g/mol. The summed E-state index contributed by atoms with van der Waals surface area (Å²) in [6.45, 7) is 5.21. The average Bonchev–Trinajstić information content (AvgIpc) is 3.50. The molecule has 1 saturated heterocycles. The van der Waals surface area contributed by atoms with Crippen LogP contribution in [-0.2, 0) is 13.1 Å². The molecule has 0 spiro atoms. The van der Waals surface area contributed by atoms with E-state index in [9.17, 15) is 0 Å². The minimum atomic E-state index is 0.494. The summed E-state index contributed by atoms with van der Waals surface area (Å²) < 4.78 is 7.17. The molecule has 34 heavy (non-hydrogen) atoms. The fourth-order valence-electron chi connectivity index (χ4n) is 4.60. The maximum atomic E-state index is 6.32. The second kappa shape index (κ2) is 9.23. The van der Waals surface area contributed by atoms with Gasteiger partial charge in [0.15, 0.2) is 17.3 Å². The van der Waals surface area contributed by atoms with Crippen molar-refractivity contribution >= 4 is 45.0 Å². The number of halogens is 1. The van der Waals surface area contributed by atoms with E-state index in [1.807, 2.05) is 35.3 Å². The van der Waals surface area contributed by atoms with Crippen LogP contribution in [-0.4, -0.2) is 70.2 Å². The van der Waals surface area contributed by atoms with E-state index in [1.165, 1.54) is 0 Å². The third-order valence-electron chi connectivity index (χ3n) is 6.56.